The van der Waals surface area contributed by atoms with Gasteiger partial charge >= 0.3 is 0 Å². The van der Waals surface area contributed by atoms with Crippen LogP contribution in [-0.2, 0) is 11.3 Å². The fourth-order valence-corrected chi connectivity index (χ4v) is 3.19. The van der Waals surface area contributed by atoms with Crippen LogP contribution in [0.5, 0.6) is 0 Å². The van der Waals surface area contributed by atoms with Crippen molar-refractivity contribution < 1.29 is 4.79 Å². The Labute approximate surface area is 136 Å². The molecule has 1 N–H and O–H groups in total. The van der Waals surface area contributed by atoms with Gasteiger partial charge in [0.15, 0.2) is 0 Å². The summed E-state index contributed by atoms with van der Waals surface area (Å²) in [5.74, 6) is 0.0123. The van der Waals surface area contributed by atoms with Crippen molar-refractivity contribution in [1.29, 1.82) is 0 Å². The van der Waals surface area contributed by atoms with Crippen molar-refractivity contribution in [2.45, 2.75) is 39.3 Å². The minimum absolute atomic E-state index is 0.0123. The number of carbonyl (C=O) groups excluding carboxylic acids is 1. The van der Waals surface area contributed by atoms with E-state index in [2.05, 4.69) is 38.0 Å². The van der Waals surface area contributed by atoms with E-state index in [4.69, 9.17) is 0 Å². The van der Waals surface area contributed by atoms with Gasteiger partial charge in [0.25, 0.3) is 0 Å². The number of hydrogen-bond acceptors (Lipinski definition) is 4. The standard InChI is InChI=1S/C17H23N5O/c1-13-9-14(2)22(20-13)11-16-6-4-8-21(16)12-17(23)19-15-5-3-7-18-10-15/h3,5,7,9-10,16H,4,6,8,11-12H2,1-2H3,(H,19,23)/t16-/m1/s1. The maximum Gasteiger partial charge on any atom is 0.238 e. The molecule has 2 aromatic heterocycles. The SMILES string of the molecule is Cc1cc(C)n(C[C@H]2CCCN2CC(=O)Nc2cccnc2)n1. The van der Waals surface area contributed by atoms with Crippen LogP contribution in [0.2, 0.25) is 0 Å². The molecule has 0 radical (unpaired) electrons. The van der Waals surface area contributed by atoms with Crippen molar-refractivity contribution in [2.24, 2.45) is 0 Å². The number of carbonyl (C=O) groups is 1. The molecular formula is C17H23N5O. The van der Waals surface area contributed by atoms with Gasteiger partial charge in [-0.25, -0.2) is 0 Å². The van der Waals surface area contributed by atoms with E-state index in [0.29, 0.717) is 12.6 Å². The molecule has 1 atom stereocenters. The number of nitrogens with one attached hydrogen (secondary N) is 1. The summed E-state index contributed by atoms with van der Waals surface area (Å²) in [6.45, 7) is 6.31. The molecule has 0 aromatic carbocycles. The molecule has 6 heteroatoms. The second kappa shape index (κ2) is 6.91. The Morgan fingerprint density at radius 1 is 1.43 bits per heavy atom. The quantitative estimate of drug-likeness (QED) is 0.917. The van der Waals surface area contributed by atoms with Gasteiger partial charge in [-0.2, -0.15) is 5.10 Å². The molecule has 1 amide bonds. The average Bonchev–Trinajstić information content (AvgIpc) is 3.07. The molecule has 2 aromatic rings. The Kier molecular flexibility index (Phi) is 4.71. The molecule has 1 aliphatic heterocycles. The minimum atomic E-state index is 0.0123. The summed E-state index contributed by atoms with van der Waals surface area (Å²) in [6, 6.07) is 6.13. The summed E-state index contributed by atoms with van der Waals surface area (Å²) >= 11 is 0. The van der Waals surface area contributed by atoms with Crippen LogP contribution < -0.4 is 5.32 Å². The summed E-state index contributed by atoms with van der Waals surface area (Å²) in [5, 5.41) is 7.44. The van der Waals surface area contributed by atoms with Gasteiger partial charge in [0.1, 0.15) is 0 Å². The number of aryl methyl sites for hydroxylation is 2. The van der Waals surface area contributed by atoms with Crippen LogP contribution in [0.1, 0.15) is 24.2 Å². The highest BCUT2D eigenvalue weighted by atomic mass is 16.2. The molecule has 6 nitrogen and oxygen atoms in total. The van der Waals surface area contributed by atoms with Crippen LogP contribution in [0.4, 0.5) is 5.69 Å². The van der Waals surface area contributed by atoms with E-state index < -0.39 is 0 Å². The predicted molar refractivity (Wildman–Crippen MR) is 89.2 cm³/mol. The fraction of sp³-hybridized carbons (Fsp3) is 0.471. The number of amides is 1. The van der Waals surface area contributed by atoms with E-state index in [0.717, 1.165) is 37.3 Å². The van der Waals surface area contributed by atoms with Gasteiger partial charge in [0.2, 0.25) is 5.91 Å². The lowest BCUT2D eigenvalue weighted by atomic mass is 10.2. The summed E-state index contributed by atoms with van der Waals surface area (Å²) in [4.78, 5) is 18.5. The second-order valence-electron chi connectivity index (χ2n) is 6.17. The molecule has 23 heavy (non-hydrogen) atoms. The van der Waals surface area contributed by atoms with E-state index in [1.807, 2.05) is 19.1 Å². The molecule has 1 fully saturated rings. The van der Waals surface area contributed by atoms with Gasteiger partial charge in [-0.3, -0.25) is 19.4 Å². The maximum absolute atomic E-state index is 12.2. The number of nitrogens with zero attached hydrogens (tertiary/aromatic N) is 4. The molecule has 122 valence electrons. The van der Waals surface area contributed by atoms with Crippen molar-refractivity contribution >= 4 is 11.6 Å². The lowest BCUT2D eigenvalue weighted by Gasteiger charge is -2.24. The van der Waals surface area contributed by atoms with Gasteiger partial charge in [-0.05, 0) is 51.4 Å². The van der Waals surface area contributed by atoms with E-state index in [9.17, 15) is 4.79 Å². The third-order valence-electron chi connectivity index (χ3n) is 4.28. The molecule has 0 bridgehead atoms. The van der Waals surface area contributed by atoms with Crippen molar-refractivity contribution in [3.63, 3.8) is 0 Å². The highest BCUT2D eigenvalue weighted by molar-refractivity contribution is 5.92. The van der Waals surface area contributed by atoms with Crippen LogP contribution >= 0.6 is 0 Å². The summed E-state index contributed by atoms with van der Waals surface area (Å²) in [7, 11) is 0. The molecule has 3 heterocycles. The zero-order valence-electron chi connectivity index (χ0n) is 13.7. The van der Waals surface area contributed by atoms with Crippen LogP contribution in [-0.4, -0.2) is 44.7 Å². The Bertz CT molecular complexity index is 667. The van der Waals surface area contributed by atoms with Gasteiger partial charge in [0, 0.05) is 17.9 Å². The normalized spacial score (nSPS) is 18.3. The highest BCUT2D eigenvalue weighted by Gasteiger charge is 2.27. The highest BCUT2D eigenvalue weighted by Crippen LogP contribution is 2.19. The third-order valence-corrected chi connectivity index (χ3v) is 4.28. The van der Waals surface area contributed by atoms with Gasteiger partial charge in [-0.15, -0.1) is 0 Å². The van der Waals surface area contributed by atoms with Crippen molar-refractivity contribution in [3.05, 3.63) is 42.0 Å². The number of pyridine rings is 1. The Balaban J connectivity index is 1.58. The van der Waals surface area contributed by atoms with Crippen LogP contribution in [0.25, 0.3) is 0 Å². The molecule has 0 saturated carbocycles. The van der Waals surface area contributed by atoms with E-state index in [-0.39, 0.29) is 5.91 Å². The molecule has 0 spiro atoms. The van der Waals surface area contributed by atoms with Crippen LogP contribution in [0.3, 0.4) is 0 Å². The van der Waals surface area contributed by atoms with Crippen molar-refractivity contribution in [3.8, 4) is 0 Å². The zero-order valence-corrected chi connectivity index (χ0v) is 13.7. The largest absolute Gasteiger partial charge is 0.324 e. The summed E-state index contributed by atoms with van der Waals surface area (Å²) in [5.41, 5.74) is 2.96. The molecule has 1 aliphatic rings. The van der Waals surface area contributed by atoms with E-state index in [1.54, 1.807) is 12.4 Å². The van der Waals surface area contributed by atoms with E-state index >= 15 is 0 Å². The number of anilines is 1. The van der Waals surface area contributed by atoms with Gasteiger partial charge in [-0.1, -0.05) is 0 Å². The first kappa shape index (κ1) is 15.7. The summed E-state index contributed by atoms with van der Waals surface area (Å²) in [6.07, 6.45) is 5.60. The van der Waals surface area contributed by atoms with Crippen molar-refractivity contribution in [1.82, 2.24) is 19.7 Å². The molecular weight excluding hydrogens is 290 g/mol. The topological polar surface area (TPSA) is 63.1 Å². The third kappa shape index (κ3) is 3.96. The zero-order chi connectivity index (χ0) is 16.2. The predicted octanol–water partition coefficient (Wildman–Crippen LogP) is 2.00. The fourth-order valence-electron chi connectivity index (χ4n) is 3.19. The first-order valence-electron chi connectivity index (χ1n) is 8.07. The number of aromatic nitrogens is 3. The number of rotatable bonds is 5. The second-order valence-corrected chi connectivity index (χ2v) is 6.17. The van der Waals surface area contributed by atoms with Crippen molar-refractivity contribution in [2.75, 3.05) is 18.4 Å². The Morgan fingerprint density at radius 2 is 2.30 bits per heavy atom. The molecule has 1 saturated heterocycles. The summed E-state index contributed by atoms with van der Waals surface area (Å²) < 4.78 is 2.05. The monoisotopic (exact) mass is 313 g/mol. The number of hydrogen-bond donors (Lipinski definition) is 1. The lowest BCUT2D eigenvalue weighted by Crippen LogP contribution is -2.39. The lowest BCUT2D eigenvalue weighted by molar-refractivity contribution is -0.117. The maximum atomic E-state index is 12.2. The average molecular weight is 313 g/mol. The first-order valence-corrected chi connectivity index (χ1v) is 8.07. The Hall–Kier alpha value is -2.21. The minimum Gasteiger partial charge on any atom is -0.324 e. The smallest absolute Gasteiger partial charge is 0.238 e. The van der Waals surface area contributed by atoms with Crippen LogP contribution in [0, 0.1) is 13.8 Å². The first-order chi connectivity index (χ1) is 11.1. The molecule has 3 rings (SSSR count). The molecule has 0 aliphatic carbocycles. The van der Waals surface area contributed by atoms with Crippen LogP contribution in [0.15, 0.2) is 30.6 Å². The van der Waals surface area contributed by atoms with Gasteiger partial charge < -0.3 is 5.32 Å². The Morgan fingerprint density at radius 3 is 3.00 bits per heavy atom. The molecule has 0 unspecified atom stereocenters. The van der Waals surface area contributed by atoms with E-state index in [1.165, 1.54) is 5.69 Å². The van der Waals surface area contributed by atoms with Gasteiger partial charge in [0.05, 0.1) is 30.7 Å². The number of likely N-dealkylation sites (tertiary alicyclic amines) is 1.